The van der Waals surface area contributed by atoms with Crippen LogP contribution in [0.1, 0.15) is 5.56 Å². The van der Waals surface area contributed by atoms with Gasteiger partial charge in [0.15, 0.2) is 0 Å². The van der Waals surface area contributed by atoms with Crippen molar-refractivity contribution >= 4 is 26.8 Å². The Morgan fingerprint density at radius 3 is 2.63 bits per heavy atom. The highest BCUT2D eigenvalue weighted by Crippen LogP contribution is 2.21. The van der Waals surface area contributed by atoms with Crippen LogP contribution in [0.5, 0.6) is 5.88 Å². The molecular weight excluding hydrogens is 302 g/mol. The second-order valence-corrected chi connectivity index (χ2v) is 5.18. The minimum Gasteiger partial charge on any atom is -0.473 e. The molecule has 0 atom stereocenters. The van der Waals surface area contributed by atoms with E-state index in [1.165, 1.54) is 0 Å². The molecular formula is C16H12BrNO. The van der Waals surface area contributed by atoms with Gasteiger partial charge in [-0.3, -0.25) is 0 Å². The Balaban J connectivity index is 1.80. The number of ether oxygens (including phenoxy) is 1. The topological polar surface area (TPSA) is 22.1 Å². The SMILES string of the molecule is Brc1ccc2nc(OCc3ccccc3)ccc2c1. The van der Waals surface area contributed by atoms with Gasteiger partial charge in [0.25, 0.3) is 0 Å². The van der Waals surface area contributed by atoms with Crippen molar-refractivity contribution in [3.8, 4) is 5.88 Å². The largest absolute Gasteiger partial charge is 0.473 e. The van der Waals surface area contributed by atoms with Gasteiger partial charge in [-0.2, -0.15) is 0 Å². The first-order valence-corrected chi connectivity index (χ1v) is 6.83. The standard InChI is InChI=1S/C16H12BrNO/c17-14-7-8-15-13(10-14)6-9-16(18-15)19-11-12-4-2-1-3-5-12/h1-10H,11H2. The smallest absolute Gasteiger partial charge is 0.214 e. The van der Waals surface area contributed by atoms with E-state index < -0.39 is 0 Å². The number of aromatic nitrogens is 1. The van der Waals surface area contributed by atoms with Crippen LogP contribution in [0.15, 0.2) is 65.1 Å². The van der Waals surface area contributed by atoms with E-state index in [9.17, 15) is 0 Å². The maximum Gasteiger partial charge on any atom is 0.214 e. The number of fused-ring (bicyclic) bond motifs is 1. The molecule has 0 aliphatic heterocycles. The van der Waals surface area contributed by atoms with Crippen LogP contribution in [-0.4, -0.2) is 4.98 Å². The van der Waals surface area contributed by atoms with Gasteiger partial charge in [-0.05, 0) is 29.8 Å². The lowest BCUT2D eigenvalue weighted by atomic mass is 10.2. The molecule has 0 amide bonds. The molecule has 0 spiro atoms. The molecule has 94 valence electrons. The lowest BCUT2D eigenvalue weighted by molar-refractivity contribution is 0.295. The van der Waals surface area contributed by atoms with Crippen molar-refractivity contribution < 1.29 is 4.74 Å². The van der Waals surface area contributed by atoms with Crippen molar-refractivity contribution in [1.29, 1.82) is 0 Å². The van der Waals surface area contributed by atoms with Crippen LogP contribution in [0, 0.1) is 0 Å². The van der Waals surface area contributed by atoms with Crippen LogP contribution >= 0.6 is 15.9 Å². The van der Waals surface area contributed by atoms with Gasteiger partial charge in [-0.25, -0.2) is 4.98 Å². The van der Waals surface area contributed by atoms with Gasteiger partial charge in [0.1, 0.15) is 6.61 Å². The zero-order chi connectivity index (χ0) is 13.1. The van der Waals surface area contributed by atoms with Gasteiger partial charge in [0, 0.05) is 15.9 Å². The molecule has 0 fully saturated rings. The van der Waals surface area contributed by atoms with Crippen molar-refractivity contribution in [3.63, 3.8) is 0 Å². The summed E-state index contributed by atoms with van der Waals surface area (Å²) in [6.45, 7) is 0.538. The predicted octanol–water partition coefficient (Wildman–Crippen LogP) is 4.58. The molecule has 1 aromatic heterocycles. The summed E-state index contributed by atoms with van der Waals surface area (Å²) in [5.74, 6) is 0.652. The summed E-state index contributed by atoms with van der Waals surface area (Å²) < 4.78 is 6.76. The molecule has 0 saturated carbocycles. The summed E-state index contributed by atoms with van der Waals surface area (Å²) in [6, 6.07) is 20.0. The number of pyridine rings is 1. The zero-order valence-electron chi connectivity index (χ0n) is 10.2. The van der Waals surface area contributed by atoms with Crippen LogP contribution in [-0.2, 0) is 6.61 Å². The summed E-state index contributed by atoms with van der Waals surface area (Å²) in [4.78, 5) is 4.49. The molecule has 0 N–H and O–H groups in total. The molecule has 2 aromatic carbocycles. The highest BCUT2D eigenvalue weighted by atomic mass is 79.9. The quantitative estimate of drug-likeness (QED) is 0.706. The Kier molecular flexibility index (Phi) is 3.47. The van der Waals surface area contributed by atoms with Crippen LogP contribution < -0.4 is 4.74 Å². The molecule has 0 aliphatic carbocycles. The Bertz CT molecular complexity index is 697. The second kappa shape index (κ2) is 5.41. The third-order valence-corrected chi connectivity index (χ3v) is 3.35. The molecule has 3 aromatic rings. The fraction of sp³-hybridized carbons (Fsp3) is 0.0625. The van der Waals surface area contributed by atoms with Gasteiger partial charge in [-0.15, -0.1) is 0 Å². The van der Waals surface area contributed by atoms with Crippen LogP contribution in [0.4, 0.5) is 0 Å². The molecule has 1 heterocycles. The molecule has 19 heavy (non-hydrogen) atoms. The van der Waals surface area contributed by atoms with E-state index in [0.717, 1.165) is 20.9 Å². The summed E-state index contributed by atoms with van der Waals surface area (Å²) in [6.07, 6.45) is 0. The molecule has 3 rings (SSSR count). The predicted molar refractivity (Wildman–Crippen MR) is 80.2 cm³/mol. The molecule has 0 aliphatic rings. The third-order valence-electron chi connectivity index (χ3n) is 2.86. The number of benzene rings is 2. The Labute approximate surface area is 120 Å². The minimum atomic E-state index is 0.538. The molecule has 0 unspecified atom stereocenters. The zero-order valence-corrected chi connectivity index (χ0v) is 11.8. The maximum atomic E-state index is 5.71. The number of rotatable bonds is 3. The van der Waals surface area contributed by atoms with Crippen molar-refractivity contribution in [2.45, 2.75) is 6.61 Å². The molecule has 3 heteroatoms. The van der Waals surface area contributed by atoms with Gasteiger partial charge in [0.2, 0.25) is 5.88 Å². The number of nitrogens with zero attached hydrogens (tertiary/aromatic N) is 1. The van der Waals surface area contributed by atoms with Gasteiger partial charge < -0.3 is 4.74 Å². The normalized spacial score (nSPS) is 10.6. The van der Waals surface area contributed by atoms with Crippen molar-refractivity contribution in [3.05, 3.63) is 70.7 Å². The van der Waals surface area contributed by atoms with E-state index in [1.807, 2.05) is 60.7 Å². The number of hydrogen-bond donors (Lipinski definition) is 0. The van der Waals surface area contributed by atoms with Crippen molar-refractivity contribution in [2.24, 2.45) is 0 Å². The highest BCUT2D eigenvalue weighted by Gasteiger charge is 2.00. The lowest BCUT2D eigenvalue weighted by Gasteiger charge is -2.06. The molecule has 0 radical (unpaired) electrons. The van der Waals surface area contributed by atoms with Crippen LogP contribution in [0.3, 0.4) is 0 Å². The highest BCUT2D eigenvalue weighted by molar-refractivity contribution is 9.10. The van der Waals surface area contributed by atoms with E-state index in [-0.39, 0.29) is 0 Å². The first kappa shape index (κ1) is 12.2. The fourth-order valence-electron chi connectivity index (χ4n) is 1.89. The van der Waals surface area contributed by atoms with E-state index in [2.05, 4.69) is 20.9 Å². The second-order valence-electron chi connectivity index (χ2n) is 4.26. The van der Waals surface area contributed by atoms with Crippen LogP contribution in [0.25, 0.3) is 10.9 Å². The van der Waals surface area contributed by atoms with Gasteiger partial charge >= 0.3 is 0 Å². The summed E-state index contributed by atoms with van der Waals surface area (Å²) in [7, 11) is 0. The van der Waals surface area contributed by atoms with Gasteiger partial charge in [0.05, 0.1) is 5.52 Å². The molecule has 0 saturated heterocycles. The fourth-order valence-corrected chi connectivity index (χ4v) is 2.27. The lowest BCUT2D eigenvalue weighted by Crippen LogP contribution is -1.96. The van der Waals surface area contributed by atoms with Crippen molar-refractivity contribution in [1.82, 2.24) is 4.98 Å². The first-order valence-electron chi connectivity index (χ1n) is 6.04. The van der Waals surface area contributed by atoms with Crippen molar-refractivity contribution in [2.75, 3.05) is 0 Å². The van der Waals surface area contributed by atoms with E-state index in [4.69, 9.17) is 4.74 Å². The Morgan fingerprint density at radius 2 is 1.79 bits per heavy atom. The third kappa shape index (κ3) is 2.93. The average Bonchev–Trinajstić information content (AvgIpc) is 2.46. The Hall–Kier alpha value is -1.87. The summed E-state index contributed by atoms with van der Waals surface area (Å²) in [5.41, 5.74) is 2.08. The minimum absolute atomic E-state index is 0.538. The first-order chi connectivity index (χ1) is 9.31. The Morgan fingerprint density at radius 1 is 0.947 bits per heavy atom. The number of halogens is 1. The number of hydrogen-bond acceptors (Lipinski definition) is 2. The van der Waals surface area contributed by atoms with E-state index >= 15 is 0 Å². The molecule has 2 nitrogen and oxygen atoms in total. The van der Waals surface area contributed by atoms with E-state index in [0.29, 0.717) is 12.5 Å². The summed E-state index contributed by atoms with van der Waals surface area (Å²) in [5, 5.41) is 1.10. The van der Waals surface area contributed by atoms with Crippen LogP contribution in [0.2, 0.25) is 0 Å². The van der Waals surface area contributed by atoms with E-state index in [1.54, 1.807) is 0 Å². The molecule has 0 bridgehead atoms. The summed E-state index contributed by atoms with van der Waals surface area (Å²) >= 11 is 3.45. The average molecular weight is 314 g/mol. The monoisotopic (exact) mass is 313 g/mol. The maximum absolute atomic E-state index is 5.71. The van der Waals surface area contributed by atoms with Gasteiger partial charge in [-0.1, -0.05) is 46.3 Å².